The minimum Gasteiger partial charge on any atom is -0.425 e. The van der Waals surface area contributed by atoms with Crippen LogP contribution in [0.25, 0.3) is 0 Å². The number of carbonyl (C=O) groups is 1. The molecular weight excluding hydrogens is 292 g/mol. The third kappa shape index (κ3) is 3.13. The summed E-state index contributed by atoms with van der Waals surface area (Å²) in [5, 5.41) is 2.89. The van der Waals surface area contributed by atoms with Crippen LogP contribution in [0.3, 0.4) is 0 Å². The van der Waals surface area contributed by atoms with E-state index in [0.29, 0.717) is 11.4 Å². The summed E-state index contributed by atoms with van der Waals surface area (Å²) in [6, 6.07) is 12.6. The molecule has 2 heterocycles. The van der Waals surface area contributed by atoms with Gasteiger partial charge in [0.25, 0.3) is 5.56 Å². The zero-order chi connectivity index (χ0) is 16.4. The third-order valence-electron chi connectivity index (χ3n) is 4.16. The first-order valence-electron chi connectivity index (χ1n) is 7.72. The molecule has 0 amide bonds. The highest BCUT2D eigenvalue weighted by atomic mass is 16.5. The molecule has 5 heteroatoms. The van der Waals surface area contributed by atoms with E-state index < -0.39 is 5.97 Å². The molecule has 23 heavy (non-hydrogen) atoms. The molecule has 0 unspecified atom stereocenters. The van der Waals surface area contributed by atoms with E-state index in [0.717, 1.165) is 18.5 Å². The molecule has 1 aromatic heterocycles. The fourth-order valence-corrected chi connectivity index (χ4v) is 2.94. The summed E-state index contributed by atoms with van der Waals surface area (Å²) in [4.78, 5) is 24.5. The van der Waals surface area contributed by atoms with Crippen molar-refractivity contribution in [2.24, 2.45) is 0 Å². The molecule has 3 rings (SSSR count). The third-order valence-corrected chi connectivity index (χ3v) is 4.16. The SMILES string of the molecule is CC1(C)CCc2ccc(NCC(=O)Oc3ccccc3)c(=O)n21. The molecule has 0 atom stereocenters. The average molecular weight is 312 g/mol. The van der Waals surface area contributed by atoms with E-state index >= 15 is 0 Å². The maximum Gasteiger partial charge on any atom is 0.330 e. The number of anilines is 1. The molecule has 0 bridgehead atoms. The number of nitrogens with one attached hydrogen (secondary N) is 1. The Balaban J connectivity index is 1.70. The Morgan fingerprint density at radius 3 is 2.70 bits per heavy atom. The molecule has 5 nitrogen and oxygen atoms in total. The van der Waals surface area contributed by atoms with E-state index in [9.17, 15) is 9.59 Å². The van der Waals surface area contributed by atoms with Gasteiger partial charge in [0, 0.05) is 11.2 Å². The summed E-state index contributed by atoms with van der Waals surface area (Å²) in [7, 11) is 0. The van der Waals surface area contributed by atoms with Crippen molar-refractivity contribution in [2.45, 2.75) is 32.2 Å². The largest absolute Gasteiger partial charge is 0.425 e. The van der Waals surface area contributed by atoms with Crippen molar-refractivity contribution in [3.63, 3.8) is 0 Å². The van der Waals surface area contributed by atoms with Gasteiger partial charge < -0.3 is 14.6 Å². The van der Waals surface area contributed by atoms with Gasteiger partial charge in [-0.15, -0.1) is 0 Å². The minimum atomic E-state index is -0.430. The molecule has 0 radical (unpaired) electrons. The fourth-order valence-electron chi connectivity index (χ4n) is 2.94. The number of esters is 1. The van der Waals surface area contributed by atoms with Gasteiger partial charge in [-0.3, -0.25) is 4.79 Å². The van der Waals surface area contributed by atoms with Crippen LogP contribution in [0.4, 0.5) is 5.69 Å². The first-order chi connectivity index (χ1) is 11.0. The molecule has 2 aromatic rings. The number of fused-ring (bicyclic) bond motifs is 1. The molecule has 0 saturated heterocycles. The Kier molecular flexibility index (Phi) is 3.94. The van der Waals surface area contributed by atoms with Crippen LogP contribution >= 0.6 is 0 Å². The van der Waals surface area contributed by atoms with E-state index in [4.69, 9.17) is 4.74 Å². The second kappa shape index (κ2) is 5.91. The van der Waals surface area contributed by atoms with E-state index in [1.165, 1.54) is 0 Å². The van der Waals surface area contributed by atoms with Crippen LogP contribution in [-0.4, -0.2) is 17.1 Å². The molecule has 1 aliphatic rings. The molecule has 0 fully saturated rings. The second-order valence-electron chi connectivity index (χ2n) is 6.33. The number of rotatable bonds is 4. The van der Waals surface area contributed by atoms with E-state index in [2.05, 4.69) is 19.2 Å². The number of benzene rings is 1. The number of pyridine rings is 1. The van der Waals surface area contributed by atoms with Crippen molar-refractivity contribution in [1.82, 2.24) is 4.57 Å². The molecule has 1 aliphatic heterocycles. The van der Waals surface area contributed by atoms with Crippen LogP contribution in [0.1, 0.15) is 26.0 Å². The molecule has 1 aromatic carbocycles. The summed E-state index contributed by atoms with van der Waals surface area (Å²) in [6.07, 6.45) is 1.85. The quantitative estimate of drug-likeness (QED) is 0.696. The normalized spacial score (nSPS) is 15.0. The van der Waals surface area contributed by atoms with Gasteiger partial charge in [-0.2, -0.15) is 0 Å². The summed E-state index contributed by atoms with van der Waals surface area (Å²) in [5.74, 6) is 0.0615. The van der Waals surface area contributed by atoms with Crippen molar-refractivity contribution in [2.75, 3.05) is 11.9 Å². The van der Waals surface area contributed by atoms with Gasteiger partial charge in [0.15, 0.2) is 0 Å². The van der Waals surface area contributed by atoms with Gasteiger partial charge in [-0.1, -0.05) is 18.2 Å². The van der Waals surface area contributed by atoms with Gasteiger partial charge >= 0.3 is 5.97 Å². The summed E-state index contributed by atoms with van der Waals surface area (Å²) in [5.41, 5.74) is 1.19. The Morgan fingerprint density at radius 2 is 1.96 bits per heavy atom. The van der Waals surface area contributed by atoms with E-state index in [-0.39, 0.29) is 17.6 Å². The first-order valence-corrected chi connectivity index (χ1v) is 7.72. The number of hydrogen-bond donors (Lipinski definition) is 1. The Morgan fingerprint density at radius 1 is 1.22 bits per heavy atom. The number of aromatic nitrogens is 1. The fraction of sp³-hybridized carbons (Fsp3) is 0.333. The second-order valence-corrected chi connectivity index (χ2v) is 6.33. The summed E-state index contributed by atoms with van der Waals surface area (Å²) < 4.78 is 7.02. The summed E-state index contributed by atoms with van der Waals surface area (Å²) >= 11 is 0. The van der Waals surface area contributed by atoms with Crippen LogP contribution in [0.15, 0.2) is 47.3 Å². The van der Waals surface area contributed by atoms with Crippen LogP contribution in [0.5, 0.6) is 5.75 Å². The monoisotopic (exact) mass is 312 g/mol. The lowest BCUT2D eigenvalue weighted by Gasteiger charge is -2.22. The topological polar surface area (TPSA) is 60.3 Å². The minimum absolute atomic E-state index is 0.0517. The van der Waals surface area contributed by atoms with E-state index in [1.807, 2.05) is 16.7 Å². The Bertz CT molecular complexity index is 779. The van der Waals surface area contributed by atoms with Crippen molar-refractivity contribution >= 4 is 11.7 Å². The van der Waals surface area contributed by atoms with Crippen LogP contribution in [0.2, 0.25) is 0 Å². The number of aryl methyl sites for hydroxylation is 1. The van der Waals surface area contributed by atoms with Gasteiger partial charge in [0.1, 0.15) is 18.0 Å². The smallest absolute Gasteiger partial charge is 0.330 e. The predicted octanol–water partition coefficient (Wildman–Crippen LogP) is 2.55. The van der Waals surface area contributed by atoms with Gasteiger partial charge in [0.05, 0.1) is 0 Å². The summed E-state index contributed by atoms with van der Waals surface area (Å²) in [6.45, 7) is 4.06. The molecule has 0 saturated carbocycles. The zero-order valence-electron chi connectivity index (χ0n) is 13.3. The lowest BCUT2D eigenvalue weighted by atomic mass is 10.0. The molecular formula is C18H20N2O3. The number of ether oxygens (including phenoxy) is 1. The van der Waals surface area contributed by atoms with Crippen LogP contribution < -0.4 is 15.6 Å². The lowest BCUT2D eigenvalue weighted by Crippen LogP contribution is -2.35. The van der Waals surface area contributed by atoms with Crippen LogP contribution in [-0.2, 0) is 16.8 Å². The zero-order valence-corrected chi connectivity index (χ0v) is 13.3. The molecule has 0 spiro atoms. The highest BCUT2D eigenvalue weighted by Gasteiger charge is 2.30. The average Bonchev–Trinajstić information content (AvgIpc) is 2.83. The standard InChI is InChI=1S/C18H20N2O3/c1-18(2)11-10-13-8-9-15(17(22)20(13)18)19-12-16(21)23-14-6-4-3-5-7-14/h3-9,19H,10-12H2,1-2H3. The maximum absolute atomic E-state index is 12.6. The maximum atomic E-state index is 12.6. The molecule has 0 aliphatic carbocycles. The predicted molar refractivity (Wildman–Crippen MR) is 88.9 cm³/mol. The Hall–Kier alpha value is -2.56. The van der Waals surface area contributed by atoms with Crippen LogP contribution in [0, 0.1) is 0 Å². The number of para-hydroxylation sites is 1. The highest BCUT2D eigenvalue weighted by molar-refractivity contribution is 5.77. The Labute approximate surface area is 134 Å². The molecule has 120 valence electrons. The van der Waals surface area contributed by atoms with Gasteiger partial charge in [-0.25, -0.2) is 4.79 Å². The van der Waals surface area contributed by atoms with Crippen molar-refractivity contribution in [3.8, 4) is 5.75 Å². The van der Waals surface area contributed by atoms with Gasteiger partial charge in [-0.05, 0) is 51.0 Å². The lowest BCUT2D eigenvalue weighted by molar-refractivity contribution is -0.132. The molecule has 1 N–H and O–H groups in total. The number of nitrogens with zero attached hydrogens (tertiary/aromatic N) is 1. The van der Waals surface area contributed by atoms with Crippen molar-refractivity contribution in [3.05, 3.63) is 58.5 Å². The highest BCUT2D eigenvalue weighted by Crippen LogP contribution is 2.29. The first kappa shape index (κ1) is 15.3. The van der Waals surface area contributed by atoms with E-state index in [1.54, 1.807) is 30.3 Å². The number of carbonyl (C=O) groups excluding carboxylic acids is 1. The van der Waals surface area contributed by atoms with Crippen molar-refractivity contribution < 1.29 is 9.53 Å². The van der Waals surface area contributed by atoms with Gasteiger partial charge in [0.2, 0.25) is 0 Å². The number of hydrogen-bond acceptors (Lipinski definition) is 4. The van der Waals surface area contributed by atoms with Crippen molar-refractivity contribution in [1.29, 1.82) is 0 Å².